The highest BCUT2D eigenvalue weighted by molar-refractivity contribution is 6.30. The number of nitrogens with one attached hydrogen (secondary N) is 2. The van der Waals surface area contributed by atoms with Gasteiger partial charge in [0, 0.05) is 23.2 Å². The molecule has 3 aromatic rings. The molecular weight excluding hydrogens is 504 g/mol. The van der Waals surface area contributed by atoms with E-state index in [4.69, 9.17) is 16.3 Å². The molecule has 0 aromatic heterocycles. The third-order valence-electron chi connectivity index (χ3n) is 6.14. The van der Waals surface area contributed by atoms with Crippen LogP contribution in [0.15, 0.2) is 83.9 Å². The Kier molecular flexibility index (Phi) is 7.83. The number of hydrogen-bond donors (Lipinski definition) is 2. The van der Waals surface area contributed by atoms with Crippen LogP contribution in [0.4, 0.5) is 5.69 Å². The summed E-state index contributed by atoms with van der Waals surface area (Å²) in [5.41, 5.74) is 1.57. The van der Waals surface area contributed by atoms with E-state index >= 15 is 0 Å². The molecule has 0 aliphatic carbocycles. The topological polar surface area (TPSA) is 100 Å². The Bertz CT molecular complexity index is 1370. The zero-order chi connectivity index (χ0) is 27.4. The molecule has 0 saturated heterocycles. The number of amides is 3. The van der Waals surface area contributed by atoms with Gasteiger partial charge < -0.3 is 20.3 Å². The molecule has 2 atom stereocenters. The number of aliphatic imine (C=N–C) groups is 1. The number of carbonyl (C=O) groups is 3. The van der Waals surface area contributed by atoms with Crippen LogP contribution in [-0.4, -0.2) is 48.3 Å². The van der Waals surface area contributed by atoms with Gasteiger partial charge in [-0.25, -0.2) is 4.99 Å². The molecule has 9 heteroatoms. The maximum Gasteiger partial charge on any atom is 0.272 e. The van der Waals surface area contributed by atoms with Gasteiger partial charge in [-0.3, -0.25) is 14.4 Å². The number of benzene rings is 3. The van der Waals surface area contributed by atoms with Gasteiger partial charge in [-0.2, -0.15) is 0 Å². The summed E-state index contributed by atoms with van der Waals surface area (Å²) in [5, 5.41) is 5.91. The van der Waals surface area contributed by atoms with Crippen molar-refractivity contribution in [3.63, 3.8) is 0 Å². The van der Waals surface area contributed by atoms with E-state index in [-0.39, 0.29) is 0 Å². The molecule has 8 nitrogen and oxygen atoms in total. The minimum Gasteiger partial charge on any atom is -0.478 e. The number of likely N-dealkylation sites (N-methyl/N-ethyl adjacent to an activating group) is 1. The van der Waals surface area contributed by atoms with E-state index in [1.165, 1.54) is 11.8 Å². The highest BCUT2D eigenvalue weighted by Crippen LogP contribution is 2.27. The van der Waals surface area contributed by atoms with E-state index in [0.29, 0.717) is 22.2 Å². The lowest BCUT2D eigenvalue weighted by atomic mass is 10.0. The van der Waals surface area contributed by atoms with Crippen LogP contribution in [0, 0.1) is 0 Å². The van der Waals surface area contributed by atoms with Crippen LogP contribution in [-0.2, 0) is 14.4 Å². The van der Waals surface area contributed by atoms with E-state index in [0.717, 1.165) is 11.1 Å². The second-order valence-electron chi connectivity index (χ2n) is 9.43. The number of benzodiazepines with no additional fused rings is 1. The van der Waals surface area contributed by atoms with Gasteiger partial charge in [-0.15, -0.1) is 0 Å². The number of anilines is 1. The second-order valence-corrected chi connectivity index (χ2v) is 9.87. The molecule has 2 N–H and O–H groups in total. The third kappa shape index (κ3) is 5.86. The lowest BCUT2D eigenvalue weighted by molar-refractivity contribution is -0.138. The Labute approximate surface area is 226 Å². The Morgan fingerprint density at radius 2 is 1.63 bits per heavy atom. The molecule has 0 spiro atoms. The Hall–Kier alpha value is -4.17. The largest absolute Gasteiger partial charge is 0.478 e. The number of rotatable bonds is 7. The molecule has 38 heavy (non-hydrogen) atoms. The monoisotopic (exact) mass is 532 g/mol. The molecule has 0 fully saturated rings. The van der Waals surface area contributed by atoms with E-state index in [1.54, 1.807) is 45.2 Å². The minimum atomic E-state index is -1.28. The van der Waals surface area contributed by atoms with Crippen LogP contribution in [0.3, 0.4) is 0 Å². The summed E-state index contributed by atoms with van der Waals surface area (Å²) in [6.45, 7) is 4.73. The molecule has 1 heterocycles. The van der Waals surface area contributed by atoms with Crippen LogP contribution in [0.5, 0.6) is 5.75 Å². The molecule has 1 aliphatic rings. The van der Waals surface area contributed by atoms with Crippen molar-refractivity contribution in [3.05, 3.63) is 95.0 Å². The van der Waals surface area contributed by atoms with Crippen LogP contribution < -0.4 is 20.3 Å². The predicted molar refractivity (Wildman–Crippen MR) is 148 cm³/mol. The first-order chi connectivity index (χ1) is 18.1. The number of ether oxygens (including phenoxy) is 1. The summed E-state index contributed by atoms with van der Waals surface area (Å²) >= 11 is 5.91. The Balaban J connectivity index is 1.52. The summed E-state index contributed by atoms with van der Waals surface area (Å²) < 4.78 is 5.81. The van der Waals surface area contributed by atoms with Crippen LogP contribution in [0.2, 0.25) is 5.02 Å². The van der Waals surface area contributed by atoms with Gasteiger partial charge in [0.25, 0.3) is 11.8 Å². The van der Waals surface area contributed by atoms with Gasteiger partial charge in [-0.1, -0.05) is 60.1 Å². The van der Waals surface area contributed by atoms with Crippen LogP contribution in [0.1, 0.15) is 31.9 Å². The summed E-state index contributed by atoms with van der Waals surface area (Å²) in [6, 6.07) is 22.6. The van der Waals surface area contributed by atoms with Crippen LogP contribution in [0.25, 0.3) is 0 Å². The van der Waals surface area contributed by atoms with E-state index in [2.05, 4.69) is 15.6 Å². The number of halogens is 1. The molecule has 0 saturated carbocycles. The number of hydrogen-bond acceptors (Lipinski definition) is 5. The fraction of sp³-hybridized carbons (Fsp3) is 0.241. The summed E-state index contributed by atoms with van der Waals surface area (Å²) in [6.07, 6.45) is -1.19. The Morgan fingerprint density at radius 3 is 2.32 bits per heavy atom. The fourth-order valence-corrected chi connectivity index (χ4v) is 4.11. The van der Waals surface area contributed by atoms with Crippen LogP contribution >= 0.6 is 11.6 Å². The van der Waals surface area contributed by atoms with Gasteiger partial charge in [0.15, 0.2) is 5.60 Å². The standard InChI is InChI=1S/C29H29ClN4O4/c1-18(31-28(37)29(2,3)38-21-16-14-20(30)15-17-21)26(35)33-25-27(36)34(4)23-13-9-8-12-22(23)24(32-25)19-10-6-5-7-11-19/h5-18,25H,1-4H3,(H,31,37)(H,33,35)/t18-,25+/m0/s1. The minimum absolute atomic E-state index is 0.401. The predicted octanol–water partition coefficient (Wildman–Crippen LogP) is 3.96. The lowest BCUT2D eigenvalue weighted by Gasteiger charge is -2.27. The maximum absolute atomic E-state index is 13.3. The van der Waals surface area contributed by atoms with Gasteiger partial charge in [0.2, 0.25) is 12.1 Å². The highest BCUT2D eigenvalue weighted by Gasteiger charge is 2.35. The molecule has 0 radical (unpaired) electrons. The molecular formula is C29H29ClN4O4. The van der Waals surface area contributed by atoms with Gasteiger partial charge in [-0.05, 0) is 51.1 Å². The zero-order valence-corrected chi connectivity index (χ0v) is 22.3. The van der Waals surface area contributed by atoms with Crippen molar-refractivity contribution in [1.29, 1.82) is 0 Å². The molecule has 3 aromatic carbocycles. The Morgan fingerprint density at radius 1 is 1.00 bits per heavy atom. The molecule has 0 unspecified atom stereocenters. The molecule has 0 bridgehead atoms. The van der Waals surface area contributed by atoms with E-state index in [9.17, 15) is 14.4 Å². The number of fused-ring (bicyclic) bond motifs is 1. The van der Waals surface area contributed by atoms with Crippen molar-refractivity contribution in [1.82, 2.24) is 10.6 Å². The molecule has 3 amide bonds. The van der Waals surface area contributed by atoms with Crippen molar-refractivity contribution in [2.24, 2.45) is 4.99 Å². The quantitative estimate of drug-likeness (QED) is 0.481. The maximum atomic E-state index is 13.3. The number of carbonyl (C=O) groups excluding carboxylic acids is 3. The molecule has 196 valence electrons. The molecule has 1 aliphatic heterocycles. The van der Waals surface area contributed by atoms with E-state index < -0.39 is 35.5 Å². The third-order valence-corrected chi connectivity index (χ3v) is 6.40. The highest BCUT2D eigenvalue weighted by atomic mass is 35.5. The van der Waals surface area contributed by atoms with E-state index in [1.807, 2.05) is 54.6 Å². The zero-order valence-electron chi connectivity index (χ0n) is 21.6. The van der Waals surface area contributed by atoms with Crippen molar-refractivity contribution in [3.8, 4) is 5.75 Å². The average molecular weight is 533 g/mol. The normalized spacial score (nSPS) is 16.0. The summed E-state index contributed by atoms with van der Waals surface area (Å²) in [7, 11) is 1.64. The first-order valence-corrected chi connectivity index (χ1v) is 12.5. The average Bonchev–Trinajstić information content (AvgIpc) is 3.01. The summed E-state index contributed by atoms with van der Waals surface area (Å²) in [5.74, 6) is -1.00. The van der Waals surface area contributed by atoms with Crippen molar-refractivity contribution >= 4 is 40.7 Å². The summed E-state index contributed by atoms with van der Waals surface area (Å²) in [4.78, 5) is 45.6. The van der Waals surface area contributed by atoms with Gasteiger partial charge in [0.05, 0.1) is 11.4 Å². The fourth-order valence-electron chi connectivity index (χ4n) is 3.98. The molecule has 4 rings (SSSR count). The second kappa shape index (κ2) is 11.1. The van der Waals surface area contributed by atoms with Crippen molar-refractivity contribution < 1.29 is 19.1 Å². The van der Waals surface area contributed by atoms with Crippen molar-refractivity contribution in [2.45, 2.75) is 38.6 Å². The first kappa shape index (κ1) is 26.9. The van der Waals surface area contributed by atoms with Crippen molar-refractivity contribution in [2.75, 3.05) is 11.9 Å². The number of nitrogens with zero attached hydrogens (tertiary/aromatic N) is 2. The SMILES string of the molecule is C[C@H](NC(=O)C(C)(C)Oc1ccc(Cl)cc1)C(=O)N[C@H]1N=C(c2ccccc2)c2ccccc2N(C)C1=O. The smallest absolute Gasteiger partial charge is 0.272 e. The number of para-hydroxylation sites is 1. The first-order valence-electron chi connectivity index (χ1n) is 12.1. The van der Waals surface area contributed by atoms with Gasteiger partial charge >= 0.3 is 0 Å². The van der Waals surface area contributed by atoms with Gasteiger partial charge in [0.1, 0.15) is 11.8 Å². The lowest BCUT2D eigenvalue weighted by Crippen LogP contribution is -2.56.